The molecular formula is C20H42O6Si. The van der Waals surface area contributed by atoms with Crippen LogP contribution in [-0.4, -0.2) is 67.6 Å². The third-order valence-corrected chi connectivity index (χ3v) is 10.4. The molecule has 7 heteroatoms. The van der Waals surface area contributed by atoms with E-state index in [0.717, 1.165) is 12.8 Å². The zero-order chi connectivity index (χ0) is 20.7. The van der Waals surface area contributed by atoms with E-state index >= 15 is 0 Å². The Balaban J connectivity index is 2.49. The van der Waals surface area contributed by atoms with Crippen LogP contribution < -0.4 is 0 Å². The minimum absolute atomic E-state index is 0.0401. The summed E-state index contributed by atoms with van der Waals surface area (Å²) in [6.07, 6.45) is 1.43. The van der Waals surface area contributed by atoms with Crippen molar-refractivity contribution in [1.29, 1.82) is 0 Å². The van der Waals surface area contributed by atoms with Gasteiger partial charge in [-0.15, -0.1) is 0 Å². The largest absolute Gasteiger partial charge is 0.414 e. The maximum Gasteiger partial charge on any atom is 0.192 e. The molecule has 0 aromatic heterocycles. The molecule has 0 aromatic rings. The number of aliphatic hydroxyl groups excluding tert-OH is 3. The van der Waals surface area contributed by atoms with Crippen molar-refractivity contribution < 1.29 is 29.2 Å². The van der Waals surface area contributed by atoms with Crippen LogP contribution in [0.4, 0.5) is 0 Å². The van der Waals surface area contributed by atoms with Gasteiger partial charge in [0.2, 0.25) is 0 Å². The molecule has 3 N–H and O–H groups in total. The summed E-state index contributed by atoms with van der Waals surface area (Å²) in [5.74, 6) is 0. The SMILES string of the molecule is CCCCCCCCO[C@@H]1OC(CO[Si](C)(C)C(C)(C)C)[C@@H](O)C(O)C1O. The molecule has 0 spiro atoms. The van der Waals surface area contributed by atoms with E-state index in [0.29, 0.717) is 6.61 Å². The van der Waals surface area contributed by atoms with Gasteiger partial charge in [0.25, 0.3) is 0 Å². The van der Waals surface area contributed by atoms with Gasteiger partial charge < -0.3 is 29.2 Å². The van der Waals surface area contributed by atoms with Crippen LogP contribution in [0.25, 0.3) is 0 Å². The van der Waals surface area contributed by atoms with Gasteiger partial charge in [-0.2, -0.15) is 0 Å². The van der Waals surface area contributed by atoms with Gasteiger partial charge in [-0.3, -0.25) is 0 Å². The Labute approximate surface area is 166 Å². The summed E-state index contributed by atoms with van der Waals surface area (Å²) in [4.78, 5) is 0. The predicted octanol–water partition coefficient (Wildman–Crippen LogP) is 3.19. The van der Waals surface area contributed by atoms with Crippen LogP contribution in [0.2, 0.25) is 18.1 Å². The highest BCUT2D eigenvalue weighted by molar-refractivity contribution is 6.74. The zero-order valence-corrected chi connectivity index (χ0v) is 19.1. The number of ether oxygens (including phenoxy) is 2. The average Bonchev–Trinajstić information content (AvgIpc) is 2.58. The molecule has 1 saturated heterocycles. The first-order valence-corrected chi connectivity index (χ1v) is 13.4. The van der Waals surface area contributed by atoms with Gasteiger partial charge in [0, 0.05) is 6.61 Å². The molecule has 0 bridgehead atoms. The Hall–Kier alpha value is -0.0231. The lowest BCUT2D eigenvalue weighted by molar-refractivity contribution is -0.300. The van der Waals surface area contributed by atoms with Gasteiger partial charge in [-0.05, 0) is 24.6 Å². The number of hydrogen-bond donors (Lipinski definition) is 3. The smallest absolute Gasteiger partial charge is 0.192 e. The number of unbranched alkanes of at least 4 members (excludes halogenated alkanes) is 5. The van der Waals surface area contributed by atoms with Crippen LogP contribution in [0.15, 0.2) is 0 Å². The summed E-state index contributed by atoms with van der Waals surface area (Å²) in [6, 6.07) is 0. The molecule has 0 aliphatic carbocycles. The molecule has 0 radical (unpaired) electrons. The third-order valence-electron chi connectivity index (χ3n) is 5.86. The molecule has 1 rings (SSSR count). The number of hydrogen-bond acceptors (Lipinski definition) is 6. The topological polar surface area (TPSA) is 88.4 Å². The molecule has 0 amide bonds. The monoisotopic (exact) mass is 406 g/mol. The van der Waals surface area contributed by atoms with Crippen LogP contribution in [-0.2, 0) is 13.9 Å². The normalized spacial score (nSPS) is 29.9. The molecule has 0 saturated carbocycles. The van der Waals surface area contributed by atoms with E-state index in [1.54, 1.807) is 0 Å². The highest BCUT2D eigenvalue weighted by Gasteiger charge is 2.46. The third kappa shape index (κ3) is 7.72. The van der Waals surface area contributed by atoms with Crippen molar-refractivity contribution in [1.82, 2.24) is 0 Å². The van der Waals surface area contributed by atoms with Crippen molar-refractivity contribution in [3.63, 3.8) is 0 Å². The first kappa shape index (κ1) is 25.0. The fraction of sp³-hybridized carbons (Fsp3) is 1.00. The first-order valence-electron chi connectivity index (χ1n) is 10.5. The predicted molar refractivity (Wildman–Crippen MR) is 109 cm³/mol. The van der Waals surface area contributed by atoms with E-state index in [1.807, 2.05) is 0 Å². The molecule has 1 heterocycles. The van der Waals surface area contributed by atoms with Crippen molar-refractivity contribution >= 4 is 8.32 Å². The highest BCUT2D eigenvalue weighted by Crippen LogP contribution is 2.37. The lowest BCUT2D eigenvalue weighted by Gasteiger charge is -2.42. The van der Waals surface area contributed by atoms with Gasteiger partial charge in [-0.1, -0.05) is 59.8 Å². The molecule has 5 atom stereocenters. The van der Waals surface area contributed by atoms with Gasteiger partial charge >= 0.3 is 0 Å². The Morgan fingerprint density at radius 1 is 0.889 bits per heavy atom. The Morgan fingerprint density at radius 3 is 2.07 bits per heavy atom. The summed E-state index contributed by atoms with van der Waals surface area (Å²) in [6.45, 7) is 13.5. The summed E-state index contributed by atoms with van der Waals surface area (Å²) in [7, 11) is -2.00. The van der Waals surface area contributed by atoms with Crippen LogP contribution in [0.3, 0.4) is 0 Å². The van der Waals surface area contributed by atoms with Gasteiger partial charge in [0.15, 0.2) is 14.6 Å². The Bertz CT molecular complexity index is 412. The lowest BCUT2D eigenvalue weighted by Crippen LogP contribution is -2.60. The highest BCUT2D eigenvalue weighted by atomic mass is 28.4. The second-order valence-corrected chi connectivity index (χ2v) is 14.0. The molecule has 0 aromatic carbocycles. The van der Waals surface area contributed by atoms with Gasteiger partial charge in [-0.25, -0.2) is 0 Å². The van der Waals surface area contributed by atoms with E-state index in [4.69, 9.17) is 13.9 Å². The standard InChI is InChI=1S/C20H42O6Si/c1-7-8-9-10-11-12-13-24-19-18(23)17(22)16(21)15(26-19)14-25-27(5,6)20(2,3)4/h15-19,21-23H,7-14H2,1-6H3/t15?,16-,17?,18?,19-/m1/s1. The second kappa shape index (κ2) is 11.2. The van der Waals surface area contributed by atoms with E-state index < -0.39 is 39.0 Å². The maximum atomic E-state index is 10.3. The second-order valence-electron chi connectivity index (χ2n) is 9.22. The Kier molecular flexibility index (Phi) is 10.4. The average molecular weight is 407 g/mol. The quantitative estimate of drug-likeness (QED) is 0.361. The zero-order valence-electron chi connectivity index (χ0n) is 18.1. The molecule has 162 valence electrons. The van der Waals surface area contributed by atoms with Crippen molar-refractivity contribution in [3.05, 3.63) is 0 Å². The van der Waals surface area contributed by atoms with Crippen molar-refractivity contribution in [3.8, 4) is 0 Å². The molecule has 1 fully saturated rings. The first-order chi connectivity index (χ1) is 12.5. The molecule has 1 aliphatic heterocycles. The van der Waals surface area contributed by atoms with E-state index in [-0.39, 0.29) is 11.6 Å². The van der Waals surface area contributed by atoms with Crippen LogP contribution in [0, 0.1) is 0 Å². The van der Waals surface area contributed by atoms with E-state index in [2.05, 4.69) is 40.8 Å². The van der Waals surface area contributed by atoms with Crippen LogP contribution >= 0.6 is 0 Å². The van der Waals surface area contributed by atoms with Crippen molar-refractivity contribution in [2.75, 3.05) is 13.2 Å². The summed E-state index contributed by atoms with van der Waals surface area (Å²) < 4.78 is 17.5. The fourth-order valence-corrected chi connectivity index (χ4v) is 3.79. The van der Waals surface area contributed by atoms with Crippen LogP contribution in [0.5, 0.6) is 0 Å². The molecule has 27 heavy (non-hydrogen) atoms. The van der Waals surface area contributed by atoms with Gasteiger partial charge in [0.1, 0.15) is 24.4 Å². The van der Waals surface area contributed by atoms with Crippen molar-refractivity contribution in [2.24, 2.45) is 0 Å². The maximum absolute atomic E-state index is 10.3. The molecule has 3 unspecified atom stereocenters. The summed E-state index contributed by atoms with van der Waals surface area (Å²) in [5.41, 5.74) is 0. The fourth-order valence-electron chi connectivity index (χ4n) is 2.78. The van der Waals surface area contributed by atoms with E-state index in [9.17, 15) is 15.3 Å². The molecule has 1 aliphatic rings. The summed E-state index contributed by atoms with van der Waals surface area (Å²) in [5, 5.41) is 30.6. The minimum Gasteiger partial charge on any atom is -0.414 e. The Morgan fingerprint density at radius 2 is 1.48 bits per heavy atom. The minimum atomic E-state index is -2.00. The van der Waals surface area contributed by atoms with Crippen molar-refractivity contribution in [2.45, 2.75) is 115 Å². The number of aliphatic hydroxyl groups is 3. The van der Waals surface area contributed by atoms with Gasteiger partial charge in [0.05, 0.1) is 6.61 Å². The summed E-state index contributed by atoms with van der Waals surface area (Å²) >= 11 is 0. The molecule has 6 nitrogen and oxygen atoms in total. The van der Waals surface area contributed by atoms with E-state index in [1.165, 1.54) is 25.7 Å². The number of rotatable bonds is 11. The molecular weight excluding hydrogens is 364 g/mol. The lowest BCUT2D eigenvalue weighted by atomic mass is 9.99. The van der Waals surface area contributed by atoms with Crippen LogP contribution in [0.1, 0.15) is 66.2 Å².